The van der Waals surface area contributed by atoms with Crippen LogP contribution in [0.1, 0.15) is 61.7 Å². The van der Waals surface area contributed by atoms with Crippen LogP contribution in [-0.4, -0.2) is 45.3 Å². The van der Waals surface area contributed by atoms with E-state index < -0.39 is 11.1 Å². The molecule has 1 saturated heterocycles. The summed E-state index contributed by atoms with van der Waals surface area (Å²) in [5, 5.41) is 0. The average molecular weight is 538 g/mol. The lowest BCUT2D eigenvalue weighted by Crippen LogP contribution is -2.43. The summed E-state index contributed by atoms with van der Waals surface area (Å²) in [6, 6.07) is 31.9. The zero-order valence-electron chi connectivity index (χ0n) is 23.9. The van der Waals surface area contributed by atoms with Gasteiger partial charge in [0, 0.05) is 18.8 Å². The van der Waals surface area contributed by atoms with Crippen molar-refractivity contribution in [2.45, 2.75) is 64.4 Å². The summed E-state index contributed by atoms with van der Waals surface area (Å²) in [5.41, 5.74) is 4.37. The number of likely N-dealkylation sites (tertiary alicyclic amines) is 1. The molecule has 1 aliphatic heterocycles. The lowest BCUT2D eigenvalue weighted by Gasteiger charge is -2.38. The Morgan fingerprint density at radius 3 is 1.75 bits per heavy atom. The molecule has 5 rings (SSSR count). The number of piperidine rings is 1. The molecule has 0 aliphatic carbocycles. The van der Waals surface area contributed by atoms with Gasteiger partial charge in [-0.25, -0.2) is 9.78 Å². The minimum atomic E-state index is -0.599. The number of ether oxygens (including phenoxy) is 2. The number of imidazole rings is 1. The van der Waals surface area contributed by atoms with Gasteiger partial charge in [0.25, 0.3) is 0 Å². The van der Waals surface area contributed by atoms with Gasteiger partial charge in [-0.15, -0.1) is 0 Å². The number of benzene rings is 3. The third kappa shape index (κ3) is 5.68. The van der Waals surface area contributed by atoms with Gasteiger partial charge in [-0.1, -0.05) is 91.0 Å². The topological polar surface area (TPSA) is 56.6 Å². The number of rotatable bonds is 7. The molecule has 0 bridgehead atoms. The van der Waals surface area contributed by atoms with E-state index in [-0.39, 0.29) is 12.2 Å². The highest BCUT2D eigenvalue weighted by Crippen LogP contribution is 2.42. The van der Waals surface area contributed by atoms with Crippen molar-refractivity contribution in [2.75, 3.05) is 13.1 Å². The van der Waals surface area contributed by atoms with Crippen molar-refractivity contribution >= 4 is 6.09 Å². The van der Waals surface area contributed by atoms with Gasteiger partial charge in [0.05, 0.1) is 24.7 Å². The fourth-order valence-electron chi connectivity index (χ4n) is 5.61. The Hall–Kier alpha value is -3.90. The van der Waals surface area contributed by atoms with E-state index in [0.29, 0.717) is 19.7 Å². The second-order valence-corrected chi connectivity index (χ2v) is 11.4. The fraction of sp³-hybridized carbons (Fsp3) is 0.353. The number of carbonyl (C=O) groups excluding carboxylic acids is 1. The van der Waals surface area contributed by atoms with Crippen LogP contribution >= 0.6 is 0 Å². The first-order valence-electron chi connectivity index (χ1n) is 14.1. The van der Waals surface area contributed by atoms with Gasteiger partial charge < -0.3 is 18.9 Å². The summed E-state index contributed by atoms with van der Waals surface area (Å²) >= 11 is 0. The van der Waals surface area contributed by atoms with Gasteiger partial charge in [-0.2, -0.15) is 0 Å². The highest BCUT2D eigenvalue weighted by molar-refractivity contribution is 5.68. The largest absolute Gasteiger partial charge is 0.444 e. The molecule has 0 radical (unpaired) electrons. The fourth-order valence-corrected chi connectivity index (χ4v) is 5.61. The molecule has 1 aromatic heterocycles. The van der Waals surface area contributed by atoms with Crippen LogP contribution in [0.2, 0.25) is 0 Å². The van der Waals surface area contributed by atoms with Crippen molar-refractivity contribution in [1.82, 2.24) is 14.5 Å². The van der Waals surface area contributed by atoms with Gasteiger partial charge in [0.15, 0.2) is 0 Å². The van der Waals surface area contributed by atoms with E-state index in [1.54, 1.807) is 4.90 Å². The molecule has 0 atom stereocenters. The Bertz CT molecular complexity index is 1290. The van der Waals surface area contributed by atoms with E-state index in [1.807, 2.05) is 27.1 Å². The molecule has 6 nitrogen and oxygen atoms in total. The van der Waals surface area contributed by atoms with E-state index >= 15 is 0 Å². The number of carbonyl (C=O) groups is 1. The number of hydrogen-bond acceptors (Lipinski definition) is 4. The minimum Gasteiger partial charge on any atom is -0.444 e. The summed E-state index contributed by atoms with van der Waals surface area (Å²) < 4.78 is 14.2. The summed E-state index contributed by atoms with van der Waals surface area (Å²) in [7, 11) is 0. The van der Waals surface area contributed by atoms with E-state index in [4.69, 9.17) is 14.5 Å². The van der Waals surface area contributed by atoms with Crippen LogP contribution in [0.25, 0.3) is 0 Å². The zero-order chi connectivity index (χ0) is 28.2. The standard InChI is InChI=1S/C34H39N3O3/c1-26-31(24-39-30-20-22-36(23-21-30)32(38)40-33(2,3)4)35-25-37(26)34(27-14-8-5-9-15-27,28-16-10-6-11-17-28)29-18-12-7-13-19-29/h5-19,25,30H,20-24H2,1-4H3. The van der Waals surface area contributed by atoms with Crippen molar-refractivity contribution < 1.29 is 14.3 Å². The van der Waals surface area contributed by atoms with Crippen LogP contribution in [0.3, 0.4) is 0 Å². The number of amides is 1. The van der Waals surface area contributed by atoms with Crippen molar-refractivity contribution in [2.24, 2.45) is 0 Å². The molecule has 4 aromatic rings. The lowest BCUT2D eigenvalue weighted by molar-refractivity contribution is -0.0179. The number of hydrogen-bond donors (Lipinski definition) is 0. The summed E-state index contributed by atoms with van der Waals surface area (Å²) in [5.74, 6) is 0. The van der Waals surface area contributed by atoms with Gasteiger partial charge in [0.1, 0.15) is 11.1 Å². The lowest BCUT2D eigenvalue weighted by atomic mass is 9.76. The van der Waals surface area contributed by atoms with Gasteiger partial charge >= 0.3 is 6.09 Å². The average Bonchev–Trinajstić information content (AvgIpc) is 3.33. The first kappa shape index (κ1) is 27.7. The first-order chi connectivity index (χ1) is 19.3. The predicted molar refractivity (Wildman–Crippen MR) is 157 cm³/mol. The maximum atomic E-state index is 12.4. The van der Waals surface area contributed by atoms with Crippen molar-refractivity contribution in [3.8, 4) is 0 Å². The molecular formula is C34H39N3O3. The highest BCUT2D eigenvalue weighted by Gasteiger charge is 2.39. The Kier molecular flexibility index (Phi) is 8.08. The molecule has 6 heteroatoms. The van der Waals surface area contributed by atoms with Crippen molar-refractivity contribution in [3.05, 3.63) is 125 Å². The van der Waals surface area contributed by atoms with Crippen LogP contribution in [-0.2, 0) is 21.6 Å². The molecule has 1 fully saturated rings. The monoisotopic (exact) mass is 537 g/mol. The maximum absolute atomic E-state index is 12.4. The third-order valence-electron chi connectivity index (χ3n) is 7.59. The van der Waals surface area contributed by atoms with Crippen LogP contribution in [0.5, 0.6) is 0 Å². The molecule has 0 N–H and O–H groups in total. The van der Waals surface area contributed by atoms with Crippen molar-refractivity contribution in [1.29, 1.82) is 0 Å². The Morgan fingerprint density at radius 1 is 0.825 bits per heavy atom. The molecule has 1 amide bonds. The predicted octanol–water partition coefficient (Wildman–Crippen LogP) is 6.95. The number of aromatic nitrogens is 2. The van der Waals surface area contributed by atoms with Gasteiger partial charge in [-0.3, -0.25) is 0 Å². The molecule has 0 spiro atoms. The second-order valence-electron chi connectivity index (χ2n) is 11.4. The summed E-state index contributed by atoms with van der Waals surface area (Å²) in [4.78, 5) is 19.1. The van der Waals surface area contributed by atoms with E-state index in [9.17, 15) is 4.79 Å². The molecule has 208 valence electrons. The first-order valence-corrected chi connectivity index (χ1v) is 14.1. The minimum absolute atomic E-state index is 0.0744. The maximum Gasteiger partial charge on any atom is 0.410 e. The quantitative estimate of drug-likeness (QED) is 0.240. The molecule has 0 saturated carbocycles. The van der Waals surface area contributed by atoms with Gasteiger partial charge in [0.2, 0.25) is 0 Å². The molecule has 40 heavy (non-hydrogen) atoms. The third-order valence-corrected chi connectivity index (χ3v) is 7.59. The summed E-state index contributed by atoms with van der Waals surface area (Å²) in [6.07, 6.45) is 3.33. The normalized spacial score (nSPS) is 14.8. The SMILES string of the molecule is Cc1c(COC2CCN(C(=O)OC(C)(C)C)CC2)ncn1C(c1ccccc1)(c1ccccc1)c1ccccc1. The van der Waals surface area contributed by atoms with Crippen LogP contribution in [0.4, 0.5) is 4.79 Å². The van der Waals surface area contributed by atoms with Crippen LogP contribution < -0.4 is 0 Å². The van der Waals surface area contributed by atoms with Crippen LogP contribution in [0.15, 0.2) is 97.3 Å². The van der Waals surface area contributed by atoms with Gasteiger partial charge in [-0.05, 0) is 57.2 Å². The van der Waals surface area contributed by atoms with E-state index in [2.05, 4.69) is 102 Å². The Balaban J connectivity index is 1.41. The molecule has 1 aliphatic rings. The molecular weight excluding hydrogens is 498 g/mol. The van der Waals surface area contributed by atoms with E-state index in [1.165, 1.54) is 0 Å². The second kappa shape index (κ2) is 11.7. The molecule has 2 heterocycles. The van der Waals surface area contributed by atoms with Crippen LogP contribution in [0, 0.1) is 6.92 Å². The smallest absolute Gasteiger partial charge is 0.410 e. The van der Waals surface area contributed by atoms with E-state index in [0.717, 1.165) is 40.9 Å². The molecule has 3 aromatic carbocycles. The zero-order valence-corrected chi connectivity index (χ0v) is 23.9. The Labute approximate surface area is 237 Å². The highest BCUT2D eigenvalue weighted by atomic mass is 16.6. The molecule has 0 unspecified atom stereocenters. The number of nitrogens with zero attached hydrogens (tertiary/aromatic N) is 3. The Morgan fingerprint density at radius 2 is 1.30 bits per heavy atom. The van der Waals surface area contributed by atoms with Crippen molar-refractivity contribution in [3.63, 3.8) is 0 Å². The summed E-state index contributed by atoms with van der Waals surface area (Å²) in [6.45, 7) is 9.49.